The topological polar surface area (TPSA) is 147 Å². The molecule has 10 heteroatoms. The molecule has 2 rings (SSSR count). The monoisotopic (exact) mass is 667 g/mol. The lowest BCUT2D eigenvalue weighted by atomic mass is 9.96. The van der Waals surface area contributed by atoms with E-state index in [9.17, 15) is 25.2 Å². The van der Waals surface area contributed by atoms with Gasteiger partial charge < -0.3 is 44.7 Å². The molecule has 0 radical (unpaired) electrons. The van der Waals surface area contributed by atoms with Crippen LogP contribution in [0.2, 0.25) is 0 Å². The summed E-state index contributed by atoms with van der Waals surface area (Å²) in [5.41, 5.74) is 0.200. The van der Waals surface area contributed by atoms with Crippen LogP contribution in [-0.2, 0) is 4.74 Å². The first-order valence-corrected chi connectivity index (χ1v) is 18.6. The Hall–Kier alpha value is -2.11. The van der Waals surface area contributed by atoms with Crippen LogP contribution in [0.1, 0.15) is 147 Å². The Labute approximate surface area is 283 Å². The van der Waals surface area contributed by atoms with E-state index in [0.29, 0.717) is 37.1 Å². The number of rotatable bonds is 27. The molecule has 1 heterocycles. The molecule has 1 amide bonds. The summed E-state index contributed by atoms with van der Waals surface area (Å²) in [6, 6.07) is 1.90. The summed E-state index contributed by atoms with van der Waals surface area (Å²) in [6.45, 7) is 7.43. The van der Waals surface area contributed by atoms with Crippen molar-refractivity contribution in [3.05, 3.63) is 17.7 Å². The molecule has 5 N–H and O–H groups in total. The van der Waals surface area contributed by atoms with Crippen LogP contribution in [0.5, 0.6) is 17.2 Å². The number of aliphatic hydroxyl groups excluding tert-OH is 4. The van der Waals surface area contributed by atoms with E-state index in [4.69, 9.17) is 18.9 Å². The zero-order valence-electron chi connectivity index (χ0n) is 29.4. The van der Waals surface area contributed by atoms with E-state index in [-0.39, 0.29) is 5.56 Å². The van der Waals surface area contributed by atoms with Crippen LogP contribution in [0, 0.1) is 0 Å². The minimum absolute atomic E-state index is 0.200. The third kappa shape index (κ3) is 15.3. The number of benzene rings is 1. The number of carbonyl (C=O) groups excluding carboxylic acids is 1. The van der Waals surface area contributed by atoms with Crippen molar-refractivity contribution in [2.45, 2.75) is 167 Å². The first-order valence-electron chi connectivity index (χ1n) is 18.6. The van der Waals surface area contributed by atoms with Crippen LogP contribution in [0.3, 0.4) is 0 Å². The number of carbonyl (C=O) groups is 1. The Morgan fingerprint density at radius 1 is 0.660 bits per heavy atom. The molecule has 1 aliphatic heterocycles. The first kappa shape index (κ1) is 41.1. The average Bonchev–Trinajstić information content (AvgIpc) is 3.07. The molecular weight excluding hydrogens is 602 g/mol. The van der Waals surface area contributed by atoms with Gasteiger partial charge in [-0.05, 0) is 31.4 Å². The molecule has 10 nitrogen and oxygen atoms in total. The van der Waals surface area contributed by atoms with Crippen LogP contribution in [0.25, 0.3) is 0 Å². The van der Waals surface area contributed by atoms with Gasteiger partial charge in [0.05, 0.1) is 26.4 Å². The van der Waals surface area contributed by atoms with Gasteiger partial charge in [0.2, 0.25) is 5.75 Å². The highest BCUT2D eigenvalue weighted by atomic mass is 16.6. The molecule has 1 saturated heterocycles. The van der Waals surface area contributed by atoms with Gasteiger partial charge in [0.25, 0.3) is 5.91 Å². The summed E-state index contributed by atoms with van der Waals surface area (Å²) < 4.78 is 24.1. The van der Waals surface area contributed by atoms with Gasteiger partial charge in [-0.3, -0.25) is 4.79 Å². The number of amides is 1. The second-order valence-corrected chi connectivity index (χ2v) is 12.9. The standard InChI is InChI=1S/C37H65NO9/c1-4-7-10-13-16-19-22-44-29-25-28(36(42)38-32-34(41)33(40)31(27-39)47-37(32)43)26-30(45-23-20-17-14-11-8-5-2)35(29)46-24-21-18-15-12-9-6-3/h25-26,31-34,37,39-41,43H,4-24,27H2,1-3H3,(H,38,42)/t31-,32-,33-,34-,37?/m1/s1. The lowest BCUT2D eigenvalue weighted by Gasteiger charge is -2.40. The SMILES string of the molecule is CCCCCCCCOc1cc(C(=O)N[C@H]2C(O)O[C@H](CO)[C@@H](O)[C@@H]2O)cc(OCCCCCCCC)c1OCCCCCCCC. The van der Waals surface area contributed by atoms with Gasteiger partial charge in [0.15, 0.2) is 17.8 Å². The van der Waals surface area contributed by atoms with E-state index < -0.39 is 43.2 Å². The van der Waals surface area contributed by atoms with Crippen LogP contribution in [-0.4, -0.2) is 83.4 Å². The fourth-order valence-corrected chi connectivity index (χ4v) is 5.74. The molecule has 0 aliphatic carbocycles. The van der Waals surface area contributed by atoms with Crippen LogP contribution in [0.4, 0.5) is 0 Å². The average molecular weight is 668 g/mol. The largest absolute Gasteiger partial charge is 0.490 e. The van der Waals surface area contributed by atoms with E-state index in [1.165, 1.54) is 57.8 Å². The van der Waals surface area contributed by atoms with Crippen molar-refractivity contribution in [1.82, 2.24) is 5.32 Å². The summed E-state index contributed by atoms with van der Waals surface area (Å²) in [6.07, 6.45) is 14.3. The molecule has 1 aliphatic rings. The Morgan fingerprint density at radius 2 is 1.09 bits per heavy atom. The minimum atomic E-state index is -1.62. The second kappa shape index (κ2) is 24.9. The van der Waals surface area contributed by atoms with Crippen LogP contribution in [0.15, 0.2) is 12.1 Å². The highest BCUT2D eigenvalue weighted by Gasteiger charge is 2.44. The number of hydrogen-bond acceptors (Lipinski definition) is 9. The molecular formula is C37H65NO9. The normalized spacial score (nSPS) is 21.0. The molecule has 47 heavy (non-hydrogen) atoms. The number of aliphatic hydroxyl groups is 4. The van der Waals surface area contributed by atoms with Crippen molar-refractivity contribution in [3.63, 3.8) is 0 Å². The molecule has 1 fully saturated rings. The van der Waals surface area contributed by atoms with E-state index in [1.807, 2.05) is 0 Å². The van der Waals surface area contributed by atoms with Crippen molar-refractivity contribution in [2.75, 3.05) is 26.4 Å². The molecule has 1 aromatic rings. The molecule has 1 aromatic carbocycles. The third-order valence-corrected chi connectivity index (χ3v) is 8.74. The van der Waals surface area contributed by atoms with E-state index in [2.05, 4.69) is 26.1 Å². The highest BCUT2D eigenvalue weighted by molar-refractivity contribution is 5.96. The summed E-state index contributed by atoms with van der Waals surface area (Å²) in [5.74, 6) is 0.699. The van der Waals surface area contributed by atoms with E-state index in [1.54, 1.807) is 12.1 Å². The minimum Gasteiger partial charge on any atom is -0.490 e. The number of hydrogen-bond donors (Lipinski definition) is 5. The Kier molecular flexibility index (Phi) is 21.8. The van der Waals surface area contributed by atoms with Crippen molar-refractivity contribution in [1.29, 1.82) is 0 Å². The molecule has 5 atom stereocenters. The molecule has 0 saturated carbocycles. The lowest BCUT2D eigenvalue weighted by Crippen LogP contribution is -2.64. The molecule has 272 valence electrons. The number of nitrogens with one attached hydrogen (secondary N) is 1. The summed E-state index contributed by atoms with van der Waals surface area (Å²) in [4.78, 5) is 13.5. The predicted octanol–water partition coefficient (Wildman–Crippen LogP) is 6.43. The quantitative estimate of drug-likeness (QED) is 0.0670. The van der Waals surface area contributed by atoms with Crippen molar-refractivity contribution in [2.24, 2.45) is 0 Å². The predicted molar refractivity (Wildman–Crippen MR) is 184 cm³/mol. The van der Waals surface area contributed by atoms with Crippen molar-refractivity contribution < 1.29 is 44.2 Å². The maximum absolute atomic E-state index is 13.5. The molecule has 0 spiro atoms. The Balaban J connectivity index is 2.25. The van der Waals surface area contributed by atoms with Gasteiger partial charge in [0.1, 0.15) is 24.4 Å². The highest BCUT2D eigenvalue weighted by Crippen LogP contribution is 2.40. The summed E-state index contributed by atoms with van der Waals surface area (Å²) >= 11 is 0. The first-order chi connectivity index (χ1) is 22.9. The van der Waals surface area contributed by atoms with Gasteiger partial charge >= 0.3 is 0 Å². The smallest absolute Gasteiger partial charge is 0.252 e. The van der Waals surface area contributed by atoms with E-state index >= 15 is 0 Å². The van der Waals surface area contributed by atoms with Gasteiger partial charge in [0, 0.05) is 5.56 Å². The van der Waals surface area contributed by atoms with Crippen molar-refractivity contribution in [3.8, 4) is 17.2 Å². The van der Waals surface area contributed by atoms with Crippen LogP contribution < -0.4 is 19.5 Å². The zero-order chi connectivity index (χ0) is 34.3. The van der Waals surface area contributed by atoms with Gasteiger partial charge in [-0.1, -0.05) is 117 Å². The number of ether oxygens (including phenoxy) is 4. The van der Waals surface area contributed by atoms with Gasteiger partial charge in [-0.15, -0.1) is 0 Å². The fraction of sp³-hybridized carbons (Fsp3) is 0.811. The maximum Gasteiger partial charge on any atom is 0.252 e. The van der Waals surface area contributed by atoms with Gasteiger partial charge in [-0.25, -0.2) is 0 Å². The molecule has 0 bridgehead atoms. The van der Waals surface area contributed by atoms with Crippen LogP contribution >= 0.6 is 0 Å². The van der Waals surface area contributed by atoms with Crippen molar-refractivity contribution >= 4 is 5.91 Å². The third-order valence-electron chi connectivity index (χ3n) is 8.74. The molecule has 0 aromatic heterocycles. The fourth-order valence-electron chi connectivity index (χ4n) is 5.74. The van der Waals surface area contributed by atoms with E-state index in [0.717, 1.165) is 57.8 Å². The summed E-state index contributed by atoms with van der Waals surface area (Å²) in [7, 11) is 0. The maximum atomic E-state index is 13.5. The second-order valence-electron chi connectivity index (χ2n) is 12.9. The zero-order valence-corrected chi connectivity index (χ0v) is 29.4. The van der Waals surface area contributed by atoms with Gasteiger partial charge in [-0.2, -0.15) is 0 Å². The Morgan fingerprint density at radius 3 is 1.53 bits per heavy atom. The summed E-state index contributed by atoms with van der Waals surface area (Å²) in [5, 5.41) is 43.4. The lowest BCUT2D eigenvalue weighted by molar-refractivity contribution is -0.252. The Bertz CT molecular complexity index is 923. The number of unbranched alkanes of at least 4 members (excludes halogenated alkanes) is 15. The molecule has 1 unspecified atom stereocenters.